The highest BCUT2D eigenvalue weighted by Gasteiger charge is 2.25. The fourth-order valence-corrected chi connectivity index (χ4v) is 2.49. The monoisotopic (exact) mass is 250 g/mol. The lowest BCUT2D eigenvalue weighted by Gasteiger charge is -2.23. The molecule has 3 rings (SSSR count). The zero-order valence-corrected chi connectivity index (χ0v) is 10.7. The fraction of sp³-hybridized carbons (Fsp3) is 0.545. The number of aryl methyl sites for hydroxylation is 1. The molecule has 0 bridgehead atoms. The maximum Gasteiger partial charge on any atom is 0.237 e. The van der Waals surface area contributed by atoms with E-state index in [4.69, 9.17) is 0 Å². The van der Waals surface area contributed by atoms with Gasteiger partial charge >= 0.3 is 0 Å². The zero-order valence-electron chi connectivity index (χ0n) is 9.88. The average Bonchev–Trinajstić information content (AvgIpc) is 2.54. The summed E-state index contributed by atoms with van der Waals surface area (Å²) in [7, 11) is -1.15. The van der Waals surface area contributed by atoms with Gasteiger partial charge in [-0.1, -0.05) is 6.42 Å². The minimum atomic E-state index is -1.15. The molecule has 0 aromatic carbocycles. The highest BCUT2D eigenvalue weighted by molar-refractivity contribution is 7.84. The summed E-state index contributed by atoms with van der Waals surface area (Å²) in [6, 6.07) is 0. The molecule has 6 heteroatoms. The van der Waals surface area contributed by atoms with Crippen molar-refractivity contribution in [2.75, 3.05) is 6.26 Å². The standard InChI is InChI=1S/C11H14N4OS/c1-7-9-6-12-11(17(2)16)14-15(9)10(13-7)8-4-3-5-8/h6,8H,3-5H2,1-2H3. The van der Waals surface area contributed by atoms with Gasteiger partial charge in [0, 0.05) is 12.2 Å². The first-order valence-electron chi connectivity index (χ1n) is 5.72. The predicted octanol–water partition coefficient (Wildman–Crippen LogP) is 1.44. The number of hydrogen-bond acceptors (Lipinski definition) is 4. The molecular formula is C11H14N4OS. The third kappa shape index (κ3) is 1.67. The Bertz CT molecular complexity index is 603. The number of aromatic nitrogens is 4. The van der Waals surface area contributed by atoms with E-state index in [1.54, 1.807) is 12.5 Å². The molecule has 0 saturated heterocycles. The SMILES string of the molecule is Cc1nc(C2CCC2)n2nc(S(C)=O)ncc12. The van der Waals surface area contributed by atoms with Gasteiger partial charge in [0.1, 0.15) is 11.3 Å². The summed E-state index contributed by atoms with van der Waals surface area (Å²) in [5, 5.41) is 4.71. The van der Waals surface area contributed by atoms with E-state index in [-0.39, 0.29) is 0 Å². The van der Waals surface area contributed by atoms with E-state index in [0.29, 0.717) is 11.1 Å². The minimum Gasteiger partial charge on any atom is -0.251 e. The Balaban J connectivity index is 2.20. The number of rotatable bonds is 2. The van der Waals surface area contributed by atoms with Crippen molar-refractivity contribution in [1.82, 2.24) is 19.6 Å². The number of hydrogen-bond donors (Lipinski definition) is 0. The van der Waals surface area contributed by atoms with Crippen LogP contribution in [0.1, 0.15) is 36.7 Å². The molecule has 1 atom stereocenters. The van der Waals surface area contributed by atoms with Gasteiger partial charge in [-0.3, -0.25) is 4.21 Å². The maximum atomic E-state index is 11.4. The summed E-state index contributed by atoms with van der Waals surface area (Å²) in [5.74, 6) is 1.50. The van der Waals surface area contributed by atoms with Crippen LogP contribution in [0.2, 0.25) is 0 Å². The van der Waals surface area contributed by atoms with Crippen LogP contribution in [0.4, 0.5) is 0 Å². The van der Waals surface area contributed by atoms with Crippen molar-refractivity contribution < 1.29 is 4.21 Å². The molecule has 90 valence electrons. The Kier molecular flexibility index (Phi) is 2.47. The van der Waals surface area contributed by atoms with Crippen molar-refractivity contribution in [2.24, 2.45) is 0 Å². The van der Waals surface area contributed by atoms with Crippen molar-refractivity contribution in [1.29, 1.82) is 0 Å². The van der Waals surface area contributed by atoms with Gasteiger partial charge in [-0.05, 0) is 19.8 Å². The summed E-state index contributed by atoms with van der Waals surface area (Å²) in [6.45, 7) is 1.96. The van der Waals surface area contributed by atoms with Gasteiger partial charge in [-0.15, -0.1) is 5.10 Å². The lowest BCUT2D eigenvalue weighted by molar-refractivity contribution is 0.394. The molecule has 1 fully saturated rings. The second kappa shape index (κ2) is 3.87. The topological polar surface area (TPSA) is 60.2 Å². The van der Waals surface area contributed by atoms with Gasteiger partial charge in [-0.25, -0.2) is 14.5 Å². The molecule has 1 aliphatic carbocycles. The van der Waals surface area contributed by atoms with E-state index in [1.165, 1.54) is 19.3 Å². The van der Waals surface area contributed by atoms with Gasteiger partial charge in [0.2, 0.25) is 5.16 Å². The Labute approximate surface area is 102 Å². The number of nitrogens with zero attached hydrogens (tertiary/aromatic N) is 4. The third-order valence-electron chi connectivity index (χ3n) is 3.31. The first kappa shape index (κ1) is 10.8. The second-order valence-electron chi connectivity index (χ2n) is 4.48. The smallest absolute Gasteiger partial charge is 0.237 e. The highest BCUT2D eigenvalue weighted by atomic mass is 32.2. The lowest BCUT2D eigenvalue weighted by atomic mass is 9.85. The van der Waals surface area contributed by atoms with Crippen LogP contribution in [0.25, 0.3) is 5.52 Å². The molecule has 0 spiro atoms. The van der Waals surface area contributed by atoms with Crippen molar-refractivity contribution in [3.63, 3.8) is 0 Å². The zero-order chi connectivity index (χ0) is 12.0. The molecular weight excluding hydrogens is 236 g/mol. The summed E-state index contributed by atoms with van der Waals surface area (Å²) >= 11 is 0. The summed E-state index contributed by atoms with van der Waals surface area (Å²) in [5.41, 5.74) is 1.86. The molecule has 17 heavy (non-hydrogen) atoms. The van der Waals surface area contributed by atoms with Crippen molar-refractivity contribution >= 4 is 16.3 Å². The van der Waals surface area contributed by atoms with Crippen molar-refractivity contribution in [3.8, 4) is 0 Å². The van der Waals surface area contributed by atoms with Gasteiger partial charge in [-0.2, -0.15) is 0 Å². The predicted molar refractivity (Wildman–Crippen MR) is 64.4 cm³/mol. The fourth-order valence-electron chi connectivity index (χ4n) is 2.10. The van der Waals surface area contributed by atoms with Gasteiger partial charge in [0.25, 0.3) is 0 Å². The van der Waals surface area contributed by atoms with E-state index in [9.17, 15) is 4.21 Å². The van der Waals surface area contributed by atoms with Crippen LogP contribution in [0.3, 0.4) is 0 Å². The molecule has 0 amide bonds. The van der Waals surface area contributed by atoms with Crippen LogP contribution in [-0.4, -0.2) is 30.0 Å². The van der Waals surface area contributed by atoms with E-state index in [0.717, 1.165) is 17.0 Å². The van der Waals surface area contributed by atoms with Crippen molar-refractivity contribution in [3.05, 3.63) is 17.7 Å². The molecule has 2 aromatic heterocycles. The van der Waals surface area contributed by atoms with Crippen LogP contribution < -0.4 is 0 Å². The number of imidazole rings is 1. The van der Waals surface area contributed by atoms with Gasteiger partial charge in [0.15, 0.2) is 0 Å². The average molecular weight is 250 g/mol. The normalized spacial score (nSPS) is 18.2. The quantitative estimate of drug-likeness (QED) is 0.809. The van der Waals surface area contributed by atoms with Gasteiger partial charge in [0.05, 0.1) is 22.7 Å². The molecule has 2 aromatic rings. The molecule has 0 aliphatic heterocycles. The number of fused-ring (bicyclic) bond motifs is 1. The maximum absolute atomic E-state index is 11.4. The summed E-state index contributed by atoms with van der Waals surface area (Å²) < 4.78 is 13.2. The largest absolute Gasteiger partial charge is 0.251 e. The second-order valence-corrected chi connectivity index (χ2v) is 5.75. The molecule has 0 N–H and O–H groups in total. The Morgan fingerprint density at radius 1 is 1.47 bits per heavy atom. The van der Waals surface area contributed by atoms with Crippen LogP contribution in [0.15, 0.2) is 11.4 Å². The van der Waals surface area contributed by atoms with Gasteiger partial charge < -0.3 is 0 Å². The molecule has 0 radical (unpaired) electrons. The van der Waals surface area contributed by atoms with Crippen LogP contribution in [-0.2, 0) is 10.8 Å². The minimum absolute atomic E-state index is 0.371. The molecule has 1 aliphatic rings. The highest BCUT2D eigenvalue weighted by Crippen LogP contribution is 2.36. The van der Waals surface area contributed by atoms with E-state index in [2.05, 4.69) is 15.1 Å². The van der Waals surface area contributed by atoms with E-state index < -0.39 is 10.8 Å². The Hall–Kier alpha value is -1.30. The molecule has 1 saturated carbocycles. The van der Waals surface area contributed by atoms with Crippen molar-refractivity contribution in [2.45, 2.75) is 37.3 Å². The van der Waals surface area contributed by atoms with Crippen LogP contribution >= 0.6 is 0 Å². The summed E-state index contributed by atoms with van der Waals surface area (Å²) in [6.07, 6.45) is 6.92. The lowest BCUT2D eigenvalue weighted by Crippen LogP contribution is -2.14. The third-order valence-corrected chi connectivity index (χ3v) is 4.01. The van der Waals surface area contributed by atoms with Crippen LogP contribution in [0.5, 0.6) is 0 Å². The molecule has 2 heterocycles. The van der Waals surface area contributed by atoms with E-state index >= 15 is 0 Å². The molecule has 5 nitrogen and oxygen atoms in total. The Morgan fingerprint density at radius 2 is 2.24 bits per heavy atom. The first-order chi connectivity index (χ1) is 8.16. The van der Waals surface area contributed by atoms with E-state index in [1.807, 2.05) is 11.4 Å². The first-order valence-corrected chi connectivity index (χ1v) is 7.28. The summed E-state index contributed by atoms with van der Waals surface area (Å²) in [4.78, 5) is 8.69. The molecule has 1 unspecified atom stereocenters. The Morgan fingerprint density at radius 3 is 2.82 bits per heavy atom. The van der Waals surface area contributed by atoms with Crippen LogP contribution in [0, 0.1) is 6.92 Å².